The van der Waals surface area contributed by atoms with Crippen molar-refractivity contribution in [3.8, 4) is 0 Å². The SMILES string of the molecule is Cc1cc(I)c(C(=O)O)cc1N. The van der Waals surface area contributed by atoms with Crippen molar-refractivity contribution in [3.05, 3.63) is 26.8 Å². The topological polar surface area (TPSA) is 63.3 Å². The van der Waals surface area contributed by atoms with Crippen LogP contribution < -0.4 is 5.73 Å². The molecule has 12 heavy (non-hydrogen) atoms. The fraction of sp³-hybridized carbons (Fsp3) is 0.125. The van der Waals surface area contributed by atoms with E-state index in [9.17, 15) is 4.79 Å². The Morgan fingerprint density at radius 1 is 1.58 bits per heavy atom. The van der Waals surface area contributed by atoms with Gasteiger partial charge in [-0.15, -0.1) is 0 Å². The van der Waals surface area contributed by atoms with E-state index in [0.717, 1.165) is 5.56 Å². The number of halogens is 1. The van der Waals surface area contributed by atoms with Crippen molar-refractivity contribution in [2.75, 3.05) is 5.73 Å². The maximum Gasteiger partial charge on any atom is 0.336 e. The minimum Gasteiger partial charge on any atom is -0.478 e. The minimum atomic E-state index is -0.939. The first kappa shape index (κ1) is 9.31. The zero-order valence-electron chi connectivity index (χ0n) is 6.47. The molecule has 0 aliphatic carbocycles. The summed E-state index contributed by atoms with van der Waals surface area (Å²) in [7, 11) is 0. The molecule has 1 aromatic carbocycles. The molecule has 3 nitrogen and oxygen atoms in total. The van der Waals surface area contributed by atoms with E-state index < -0.39 is 5.97 Å². The number of hydrogen-bond acceptors (Lipinski definition) is 2. The van der Waals surface area contributed by atoms with E-state index in [2.05, 4.69) is 0 Å². The minimum absolute atomic E-state index is 0.263. The average molecular weight is 277 g/mol. The van der Waals surface area contributed by atoms with Gasteiger partial charge in [-0.2, -0.15) is 0 Å². The number of aromatic carboxylic acids is 1. The largest absolute Gasteiger partial charge is 0.478 e. The lowest BCUT2D eigenvalue weighted by molar-refractivity contribution is 0.0696. The summed E-state index contributed by atoms with van der Waals surface area (Å²) >= 11 is 1.98. The van der Waals surface area contributed by atoms with Crippen LogP contribution in [0, 0.1) is 10.5 Å². The highest BCUT2D eigenvalue weighted by Crippen LogP contribution is 2.19. The smallest absolute Gasteiger partial charge is 0.336 e. The normalized spacial score (nSPS) is 9.83. The highest BCUT2D eigenvalue weighted by molar-refractivity contribution is 14.1. The van der Waals surface area contributed by atoms with Crippen molar-refractivity contribution < 1.29 is 9.90 Å². The van der Waals surface area contributed by atoms with Crippen molar-refractivity contribution >= 4 is 34.2 Å². The number of nitrogens with two attached hydrogens (primary N) is 1. The summed E-state index contributed by atoms with van der Waals surface area (Å²) in [6.07, 6.45) is 0. The second-order valence-electron chi connectivity index (χ2n) is 2.49. The molecule has 4 heteroatoms. The fourth-order valence-corrected chi connectivity index (χ4v) is 1.71. The number of anilines is 1. The van der Waals surface area contributed by atoms with E-state index in [1.165, 1.54) is 6.07 Å². The molecule has 0 saturated heterocycles. The lowest BCUT2D eigenvalue weighted by Crippen LogP contribution is -2.02. The van der Waals surface area contributed by atoms with Crippen LogP contribution in [0.4, 0.5) is 5.69 Å². The lowest BCUT2D eigenvalue weighted by Gasteiger charge is -2.03. The molecule has 1 aromatic rings. The third-order valence-corrected chi connectivity index (χ3v) is 2.48. The third kappa shape index (κ3) is 1.69. The Kier molecular flexibility index (Phi) is 2.56. The van der Waals surface area contributed by atoms with Crippen LogP contribution in [-0.2, 0) is 0 Å². The second kappa shape index (κ2) is 3.30. The molecule has 0 aliphatic heterocycles. The molecule has 0 atom stereocenters. The van der Waals surface area contributed by atoms with Crippen molar-refractivity contribution in [1.82, 2.24) is 0 Å². The summed E-state index contributed by atoms with van der Waals surface area (Å²) in [6, 6.07) is 3.25. The maximum absolute atomic E-state index is 10.6. The highest BCUT2D eigenvalue weighted by Gasteiger charge is 2.09. The lowest BCUT2D eigenvalue weighted by atomic mass is 10.1. The number of rotatable bonds is 1. The van der Waals surface area contributed by atoms with E-state index in [1.54, 1.807) is 6.07 Å². The standard InChI is InChI=1S/C8H8INO2/c1-4-2-6(9)5(8(11)12)3-7(4)10/h2-3H,10H2,1H3,(H,11,12). The number of carbonyl (C=O) groups is 1. The maximum atomic E-state index is 10.6. The first-order valence-corrected chi connectivity index (χ1v) is 4.39. The number of nitrogen functional groups attached to an aromatic ring is 1. The summed E-state index contributed by atoms with van der Waals surface area (Å²) in [5.41, 5.74) is 7.25. The van der Waals surface area contributed by atoms with Gasteiger partial charge in [-0.3, -0.25) is 0 Å². The predicted molar refractivity (Wildman–Crippen MR) is 55.3 cm³/mol. The Morgan fingerprint density at radius 2 is 2.17 bits per heavy atom. The number of hydrogen-bond donors (Lipinski definition) is 2. The van der Waals surface area contributed by atoms with Crippen LogP contribution in [-0.4, -0.2) is 11.1 Å². The van der Waals surface area contributed by atoms with Crippen molar-refractivity contribution in [2.24, 2.45) is 0 Å². The molecular formula is C8H8INO2. The van der Waals surface area contributed by atoms with Gasteiger partial charge in [0, 0.05) is 9.26 Å². The molecule has 0 aromatic heterocycles. The summed E-state index contributed by atoms with van der Waals surface area (Å²) in [4.78, 5) is 10.6. The van der Waals surface area contributed by atoms with Crippen molar-refractivity contribution in [3.63, 3.8) is 0 Å². The van der Waals surface area contributed by atoms with Gasteiger partial charge in [0.05, 0.1) is 5.56 Å². The Bertz CT molecular complexity index is 336. The van der Waals surface area contributed by atoms with Crippen LogP contribution in [0.15, 0.2) is 12.1 Å². The number of benzene rings is 1. The summed E-state index contributed by atoms with van der Waals surface area (Å²) in [6.45, 7) is 1.85. The molecule has 64 valence electrons. The molecule has 0 heterocycles. The quantitative estimate of drug-likeness (QED) is 0.608. The van der Waals surface area contributed by atoms with Gasteiger partial charge in [0.2, 0.25) is 0 Å². The van der Waals surface area contributed by atoms with Gasteiger partial charge in [0.1, 0.15) is 0 Å². The zero-order chi connectivity index (χ0) is 9.30. The molecular weight excluding hydrogens is 269 g/mol. The summed E-state index contributed by atoms with van der Waals surface area (Å²) < 4.78 is 0.715. The monoisotopic (exact) mass is 277 g/mol. The van der Waals surface area contributed by atoms with Crippen LogP contribution in [0.2, 0.25) is 0 Å². The molecule has 0 spiro atoms. The molecule has 0 aliphatic rings. The number of carboxylic acids is 1. The van der Waals surface area contributed by atoms with Crippen LogP contribution in [0.1, 0.15) is 15.9 Å². The Hall–Kier alpha value is -0.780. The van der Waals surface area contributed by atoms with E-state index in [0.29, 0.717) is 9.26 Å². The van der Waals surface area contributed by atoms with E-state index in [4.69, 9.17) is 10.8 Å². The van der Waals surface area contributed by atoms with E-state index >= 15 is 0 Å². The van der Waals surface area contributed by atoms with Gasteiger partial charge in [0.15, 0.2) is 0 Å². The molecule has 0 amide bonds. The van der Waals surface area contributed by atoms with Gasteiger partial charge < -0.3 is 10.8 Å². The summed E-state index contributed by atoms with van der Waals surface area (Å²) in [5.74, 6) is -0.939. The van der Waals surface area contributed by atoms with Crippen LogP contribution in [0.3, 0.4) is 0 Å². The number of carboxylic acid groups (broad SMARTS) is 1. The Labute approximate surface area is 83.7 Å². The second-order valence-corrected chi connectivity index (χ2v) is 3.66. The van der Waals surface area contributed by atoms with Crippen LogP contribution in [0.25, 0.3) is 0 Å². The van der Waals surface area contributed by atoms with Crippen LogP contribution >= 0.6 is 22.6 Å². The molecule has 0 bridgehead atoms. The molecule has 0 fully saturated rings. The zero-order valence-corrected chi connectivity index (χ0v) is 8.62. The van der Waals surface area contributed by atoms with Gasteiger partial charge >= 0.3 is 5.97 Å². The van der Waals surface area contributed by atoms with Gasteiger partial charge in [-0.05, 0) is 47.2 Å². The first-order valence-electron chi connectivity index (χ1n) is 3.31. The Morgan fingerprint density at radius 3 is 2.67 bits per heavy atom. The van der Waals surface area contributed by atoms with E-state index in [1.807, 2.05) is 29.5 Å². The fourth-order valence-electron chi connectivity index (χ4n) is 0.853. The van der Waals surface area contributed by atoms with Crippen LogP contribution in [0.5, 0.6) is 0 Å². The molecule has 0 unspecified atom stereocenters. The summed E-state index contributed by atoms with van der Waals surface area (Å²) in [5, 5.41) is 8.72. The predicted octanol–water partition coefficient (Wildman–Crippen LogP) is 1.88. The average Bonchev–Trinajstić information content (AvgIpc) is 1.96. The third-order valence-electron chi connectivity index (χ3n) is 1.59. The molecule has 0 saturated carbocycles. The molecule has 0 radical (unpaired) electrons. The Balaban J connectivity index is 3.33. The highest BCUT2D eigenvalue weighted by atomic mass is 127. The number of aryl methyl sites for hydroxylation is 1. The van der Waals surface area contributed by atoms with E-state index in [-0.39, 0.29) is 5.56 Å². The first-order chi connectivity index (χ1) is 5.52. The van der Waals surface area contributed by atoms with Gasteiger partial charge in [-0.1, -0.05) is 0 Å². The van der Waals surface area contributed by atoms with Gasteiger partial charge in [0.25, 0.3) is 0 Å². The van der Waals surface area contributed by atoms with Crippen molar-refractivity contribution in [2.45, 2.75) is 6.92 Å². The molecule has 1 rings (SSSR count). The van der Waals surface area contributed by atoms with Gasteiger partial charge in [-0.25, -0.2) is 4.79 Å². The van der Waals surface area contributed by atoms with Crippen molar-refractivity contribution in [1.29, 1.82) is 0 Å². The molecule has 3 N–H and O–H groups in total.